The van der Waals surface area contributed by atoms with Crippen LogP contribution in [0.3, 0.4) is 0 Å². The molecule has 2 aromatic rings. The molecule has 1 fully saturated rings. The van der Waals surface area contributed by atoms with Gasteiger partial charge in [0.1, 0.15) is 11.6 Å². The number of carbonyl (C=O) groups excluding carboxylic acids is 1. The predicted molar refractivity (Wildman–Crippen MR) is 99.2 cm³/mol. The number of carbonyl (C=O) groups is 1. The van der Waals surface area contributed by atoms with Crippen LogP contribution in [-0.2, 0) is 11.2 Å². The lowest BCUT2D eigenvalue weighted by molar-refractivity contribution is -0.121. The maximum absolute atomic E-state index is 12.9. The first-order valence-electron chi connectivity index (χ1n) is 9.51. The molecule has 1 aliphatic heterocycles. The number of likely N-dealkylation sites (tertiary alicyclic amines) is 1. The molecule has 0 radical (unpaired) electrons. The molecular weight excluding hydrogens is 331 g/mol. The van der Waals surface area contributed by atoms with Crippen molar-refractivity contribution in [3.63, 3.8) is 0 Å². The highest BCUT2D eigenvalue weighted by Crippen LogP contribution is 2.24. The first kappa shape index (κ1) is 18.6. The van der Waals surface area contributed by atoms with Crippen molar-refractivity contribution in [1.82, 2.24) is 10.2 Å². The number of unbranched alkanes of at least 4 members (excludes halogenated alkanes) is 1. The lowest BCUT2D eigenvalue weighted by Crippen LogP contribution is -2.36. The Morgan fingerprint density at radius 1 is 1.15 bits per heavy atom. The monoisotopic (exact) mass is 358 g/mol. The highest BCUT2D eigenvalue weighted by molar-refractivity contribution is 5.75. The molecule has 5 heteroatoms. The van der Waals surface area contributed by atoms with E-state index < -0.39 is 0 Å². The molecule has 1 aromatic carbocycles. The molecule has 3 rings (SSSR count). The van der Waals surface area contributed by atoms with E-state index in [-0.39, 0.29) is 17.8 Å². The number of rotatable bonds is 9. The van der Waals surface area contributed by atoms with Gasteiger partial charge in [-0.15, -0.1) is 0 Å². The molecule has 1 N–H and O–H groups in total. The van der Waals surface area contributed by atoms with E-state index in [0.29, 0.717) is 13.0 Å². The zero-order valence-corrected chi connectivity index (χ0v) is 15.1. The van der Waals surface area contributed by atoms with E-state index in [1.165, 1.54) is 25.0 Å². The minimum atomic E-state index is -0.211. The fourth-order valence-electron chi connectivity index (χ4n) is 3.51. The third kappa shape index (κ3) is 5.43. The number of halogens is 1. The molecule has 0 aliphatic carbocycles. The van der Waals surface area contributed by atoms with Crippen LogP contribution in [0.4, 0.5) is 4.39 Å². The molecule has 1 atom stereocenters. The molecule has 1 unspecified atom stereocenters. The van der Waals surface area contributed by atoms with Crippen molar-refractivity contribution in [3.05, 3.63) is 59.8 Å². The second kappa shape index (κ2) is 9.53. The summed E-state index contributed by atoms with van der Waals surface area (Å²) in [5.74, 6) is 0.792. The van der Waals surface area contributed by atoms with Crippen molar-refractivity contribution in [2.75, 3.05) is 19.6 Å². The van der Waals surface area contributed by atoms with Crippen molar-refractivity contribution < 1.29 is 13.6 Å². The van der Waals surface area contributed by atoms with E-state index in [0.717, 1.165) is 43.7 Å². The summed E-state index contributed by atoms with van der Waals surface area (Å²) in [7, 11) is 0. The highest BCUT2D eigenvalue weighted by atomic mass is 19.1. The number of furan rings is 1. The Hall–Kier alpha value is -2.14. The molecule has 0 spiro atoms. The van der Waals surface area contributed by atoms with Crippen LogP contribution in [0.5, 0.6) is 0 Å². The molecule has 1 saturated heterocycles. The first-order valence-corrected chi connectivity index (χ1v) is 9.51. The van der Waals surface area contributed by atoms with E-state index in [2.05, 4.69) is 10.2 Å². The van der Waals surface area contributed by atoms with Gasteiger partial charge in [-0.05, 0) is 75.0 Å². The second-order valence-corrected chi connectivity index (χ2v) is 6.91. The average molecular weight is 358 g/mol. The summed E-state index contributed by atoms with van der Waals surface area (Å²) in [6.45, 7) is 2.70. The largest absolute Gasteiger partial charge is 0.468 e. The number of amides is 1. The molecule has 1 amide bonds. The van der Waals surface area contributed by atoms with Crippen molar-refractivity contribution in [1.29, 1.82) is 0 Å². The summed E-state index contributed by atoms with van der Waals surface area (Å²) in [5, 5.41) is 3.06. The Bertz CT molecular complexity index is 664. The molecular formula is C21H27FN2O2. The summed E-state index contributed by atoms with van der Waals surface area (Å²) in [5.41, 5.74) is 1.11. The topological polar surface area (TPSA) is 45.5 Å². The van der Waals surface area contributed by atoms with Gasteiger partial charge < -0.3 is 9.73 Å². The minimum absolute atomic E-state index is 0.0832. The molecule has 4 nitrogen and oxygen atoms in total. The summed E-state index contributed by atoms with van der Waals surface area (Å²) < 4.78 is 18.5. The van der Waals surface area contributed by atoms with E-state index in [1.807, 2.05) is 12.1 Å². The predicted octanol–water partition coefficient (Wildman–Crippen LogP) is 4.08. The third-order valence-corrected chi connectivity index (χ3v) is 4.98. The van der Waals surface area contributed by atoms with Gasteiger partial charge in [0, 0.05) is 13.0 Å². The van der Waals surface area contributed by atoms with Crippen molar-refractivity contribution in [2.24, 2.45) is 0 Å². The fourth-order valence-corrected chi connectivity index (χ4v) is 3.51. The van der Waals surface area contributed by atoms with Gasteiger partial charge in [-0.3, -0.25) is 9.69 Å². The van der Waals surface area contributed by atoms with Crippen LogP contribution in [0.25, 0.3) is 0 Å². The van der Waals surface area contributed by atoms with Crippen LogP contribution in [0.2, 0.25) is 0 Å². The van der Waals surface area contributed by atoms with Gasteiger partial charge in [0.25, 0.3) is 0 Å². The smallest absolute Gasteiger partial charge is 0.220 e. The van der Waals surface area contributed by atoms with Gasteiger partial charge in [-0.1, -0.05) is 12.1 Å². The van der Waals surface area contributed by atoms with Gasteiger partial charge >= 0.3 is 0 Å². The zero-order valence-electron chi connectivity index (χ0n) is 15.1. The molecule has 26 heavy (non-hydrogen) atoms. The van der Waals surface area contributed by atoms with Gasteiger partial charge in [0.05, 0.1) is 12.3 Å². The van der Waals surface area contributed by atoms with Crippen LogP contribution in [-0.4, -0.2) is 30.4 Å². The summed E-state index contributed by atoms with van der Waals surface area (Å²) in [6, 6.07) is 10.6. The average Bonchev–Trinajstić information content (AvgIpc) is 3.35. The zero-order chi connectivity index (χ0) is 18.2. The molecule has 140 valence electrons. The molecule has 1 aromatic heterocycles. The minimum Gasteiger partial charge on any atom is -0.468 e. The first-order chi connectivity index (χ1) is 12.7. The van der Waals surface area contributed by atoms with Crippen molar-refractivity contribution in [2.45, 2.75) is 44.6 Å². The molecule has 0 saturated carbocycles. The number of nitrogens with one attached hydrogen (secondary N) is 1. The number of aryl methyl sites for hydroxylation is 1. The van der Waals surface area contributed by atoms with Gasteiger partial charge in [-0.2, -0.15) is 0 Å². The van der Waals surface area contributed by atoms with E-state index >= 15 is 0 Å². The second-order valence-electron chi connectivity index (χ2n) is 6.91. The van der Waals surface area contributed by atoms with Crippen LogP contribution >= 0.6 is 0 Å². The lowest BCUT2D eigenvalue weighted by atomic mass is 10.1. The standard InChI is InChI=1S/C21H27FN2O2/c22-18-11-9-17(10-12-18)6-1-2-8-21(25)23-16-19(20-7-5-15-26-20)24-13-3-4-14-24/h5,7,9-12,15,19H,1-4,6,8,13-14,16H2,(H,23,25). The summed E-state index contributed by atoms with van der Waals surface area (Å²) in [4.78, 5) is 14.6. The Labute approximate surface area is 154 Å². The summed E-state index contributed by atoms with van der Waals surface area (Å²) in [6.07, 6.45) is 7.24. The van der Waals surface area contributed by atoms with E-state index in [1.54, 1.807) is 18.4 Å². The number of hydrogen-bond donors (Lipinski definition) is 1. The Balaban J connectivity index is 1.38. The lowest BCUT2D eigenvalue weighted by Gasteiger charge is -2.26. The normalized spacial score (nSPS) is 15.9. The van der Waals surface area contributed by atoms with Crippen LogP contribution in [0.1, 0.15) is 49.5 Å². The molecule has 1 aliphatic rings. The maximum Gasteiger partial charge on any atom is 0.220 e. The van der Waals surface area contributed by atoms with E-state index in [4.69, 9.17) is 4.42 Å². The van der Waals surface area contributed by atoms with Crippen molar-refractivity contribution >= 4 is 5.91 Å². The molecule has 0 bridgehead atoms. The van der Waals surface area contributed by atoms with Gasteiger partial charge in [0.15, 0.2) is 0 Å². The van der Waals surface area contributed by atoms with Crippen LogP contribution in [0.15, 0.2) is 47.1 Å². The van der Waals surface area contributed by atoms with Crippen molar-refractivity contribution in [3.8, 4) is 0 Å². The maximum atomic E-state index is 12.9. The Morgan fingerprint density at radius 3 is 2.62 bits per heavy atom. The molecule has 2 heterocycles. The number of nitrogens with zero attached hydrogens (tertiary/aromatic N) is 1. The SMILES string of the molecule is O=C(CCCCc1ccc(F)cc1)NCC(c1ccco1)N1CCCC1. The summed E-state index contributed by atoms with van der Waals surface area (Å²) >= 11 is 0. The Morgan fingerprint density at radius 2 is 1.92 bits per heavy atom. The van der Waals surface area contributed by atoms with Gasteiger partial charge in [0.2, 0.25) is 5.91 Å². The number of hydrogen-bond acceptors (Lipinski definition) is 3. The van der Waals surface area contributed by atoms with E-state index in [9.17, 15) is 9.18 Å². The van der Waals surface area contributed by atoms with Crippen LogP contribution in [0, 0.1) is 5.82 Å². The quantitative estimate of drug-likeness (QED) is 0.687. The third-order valence-electron chi connectivity index (χ3n) is 4.98. The van der Waals surface area contributed by atoms with Crippen LogP contribution < -0.4 is 5.32 Å². The van der Waals surface area contributed by atoms with Gasteiger partial charge in [-0.25, -0.2) is 4.39 Å². The Kier molecular flexibility index (Phi) is 6.83. The fraction of sp³-hybridized carbons (Fsp3) is 0.476. The highest BCUT2D eigenvalue weighted by Gasteiger charge is 2.25. The number of benzene rings is 1.